The molecule has 1 aromatic carbocycles. The molecule has 0 atom stereocenters. The van der Waals surface area contributed by atoms with E-state index in [2.05, 4.69) is 39.9 Å². The Labute approximate surface area is 111 Å². The van der Waals surface area contributed by atoms with Crippen LogP contribution in [0.25, 0.3) is 0 Å². The molecular weight excluding hydrogens is 284 g/mol. The van der Waals surface area contributed by atoms with Gasteiger partial charge in [0.25, 0.3) is 0 Å². The molecule has 0 amide bonds. The number of rotatable bonds is 6. The van der Waals surface area contributed by atoms with Crippen LogP contribution in [0.4, 0.5) is 0 Å². The predicted molar refractivity (Wildman–Crippen MR) is 76.5 cm³/mol. The van der Waals surface area contributed by atoms with Crippen LogP contribution in [0.1, 0.15) is 18.9 Å². The van der Waals surface area contributed by atoms with E-state index in [1.54, 1.807) is 0 Å². The average Bonchev–Trinajstić information content (AvgIpc) is 2.16. The van der Waals surface area contributed by atoms with Gasteiger partial charge in [-0.1, -0.05) is 47.2 Å². The smallest absolute Gasteiger partial charge is 0.0870 e. The van der Waals surface area contributed by atoms with Gasteiger partial charge in [-0.25, -0.2) is 0 Å². The fraction of sp³-hybridized carbons (Fsp3) is 0.417. The van der Waals surface area contributed by atoms with E-state index in [0.29, 0.717) is 11.5 Å². The fourth-order valence-electron chi connectivity index (χ4n) is 1.64. The first-order valence-electron chi connectivity index (χ1n) is 5.37. The molecule has 0 aliphatic heterocycles. The average molecular weight is 301 g/mol. The zero-order valence-electron chi connectivity index (χ0n) is 9.45. The number of hydrogen-bond acceptors (Lipinski definition) is 2. The van der Waals surface area contributed by atoms with E-state index in [9.17, 15) is 0 Å². The van der Waals surface area contributed by atoms with E-state index in [4.69, 9.17) is 18.0 Å². The second kappa shape index (κ2) is 6.99. The monoisotopic (exact) mass is 300 g/mol. The zero-order chi connectivity index (χ0) is 12.0. The first-order valence-corrected chi connectivity index (χ1v) is 6.57. The Kier molecular flexibility index (Phi) is 5.95. The van der Waals surface area contributed by atoms with Gasteiger partial charge >= 0.3 is 0 Å². The van der Waals surface area contributed by atoms with Crippen molar-refractivity contribution >= 4 is 33.1 Å². The summed E-state index contributed by atoms with van der Waals surface area (Å²) in [4.78, 5) is 2.83. The molecule has 2 nitrogen and oxygen atoms in total. The van der Waals surface area contributed by atoms with Crippen LogP contribution in [0.5, 0.6) is 0 Å². The van der Waals surface area contributed by atoms with Gasteiger partial charge in [0.2, 0.25) is 0 Å². The van der Waals surface area contributed by atoms with Crippen LogP contribution in [0.15, 0.2) is 28.7 Å². The first kappa shape index (κ1) is 13.6. The molecular formula is C12H17BrN2S. The summed E-state index contributed by atoms with van der Waals surface area (Å²) in [6.07, 6.45) is 1.11. The van der Waals surface area contributed by atoms with Gasteiger partial charge in [0.1, 0.15) is 0 Å². The van der Waals surface area contributed by atoms with E-state index in [-0.39, 0.29) is 0 Å². The van der Waals surface area contributed by atoms with Crippen LogP contribution in [-0.4, -0.2) is 23.0 Å². The Hall–Kier alpha value is -0.450. The van der Waals surface area contributed by atoms with Crippen LogP contribution in [0.2, 0.25) is 0 Å². The second-order valence-corrected chi connectivity index (χ2v) is 5.25. The van der Waals surface area contributed by atoms with Gasteiger partial charge in [0, 0.05) is 17.6 Å². The van der Waals surface area contributed by atoms with Crippen molar-refractivity contribution in [3.63, 3.8) is 0 Å². The van der Waals surface area contributed by atoms with Crippen molar-refractivity contribution in [2.45, 2.75) is 19.9 Å². The van der Waals surface area contributed by atoms with Crippen molar-refractivity contribution in [2.24, 2.45) is 5.73 Å². The third-order valence-electron chi connectivity index (χ3n) is 2.21. The Morgan fingerprint density at radius 2 is 2.25 bits per heavy atom. The number of nitrogens with zero attached hydrogens (tertiary/aromatic N) is 1. The summed E-state index contributed by atoms with van der Waals surface area (Å²) in [5.41, 5.74) is 6.86. The first-order chi connectivity index (χ1) is 7.61. The molecule has 0 aliphatic rings. The lowest BCUT2D eigenvalue weighted by atomic mass is 10.2. The maximum atomic E-state index is 5.59. The normalized spacial score (nSPS) is 10.7. The molecule has 0 aliphatic carbocycles. The molecule has 4 heteroatoms. The Balaban J connectivity index is 2.63. The van der Waals surface area contributed by atoms with Crippen molar-refractivity contribution in [3.8, 4) is 0 Å². The predicted octanol–water partition coefficient (Wildman–Crippen LogP) is 2.95. The summed E-state index contributed by atoms with van der Waals surface area (Å²) in [7, 11) is 0. The van der Waals surface area contributed by atoms with Gasteiger partial charge in [-0.05, 0) is 30.7 Å². The standard InChI is InChI=1S/C12H17BrN2S/c1-2-6-15(9-12(14)16)8-10-4-3-5-11(13)7-10/h3-5,7H,2,6,8-9H2,1H3,(H2,14,16). The largest absolute Gasteiger partial charge is 0.392 e. The number of hydrogen-bond donors (Lipinski definition) is 1. The lowest BCUT2D eigenvalue weighted by molar-refractivity contribution is 0.304. The summed E-state index contributed by atoms with van der Waals surface area (Å²) in [6, 6.07) is 8.32. The molecule has 1 rings (SSSR count). The topological polar surface area (TPSA) is 29.3 Å². The molecule has 0 unspecified atom stereocenters. The van der Waals surface area contributed by atoms with Crippen molar-refractivity contribution in [1.82, 2.24) is 4.90 Å². The van der Waals surface area contributed by atoms with Gasteiger partial charge in [-0.2, -0.15) is 0 Å². The highest BCUT2D eigenvalue weighted by atomic mass is 79.9. The molecule has 2 N–H and O–H groups in total. The highest BCUT2D eigenvalue weighted by Crippen LogP contribution is 2.13. The Morgan fingerprint density at radius 3 is 2.81 bits per heavy atom. The molecule has 0 spiro atoms. The van der Waals surface area contributed by atoms with Crippen LogP contribution >= 0.6 is 28.1 Å². The molecule has 0 radical (unpaired) electrons. The van der Waals surface area contributed by atoms with Crippen molar-refractivity contribution in [1.29, 1.82) is 0 Å². The van der Waals surface area contributed by atoms with E-state index in [1.165, 1.54) is 5.56 Å². The van der Waals surface area contributed by atoms with Gasteiger partial charge in [0.15, 0.2) is 0 Å². The summed E-state index contributed by atoms with van der Waals surface area (Å²) >= 11 is 8.43. The van der Waals surface area contributed by atoms with Gasteiger partial charge < -0.3 is 5.73 Å². The minimum Gasteiger partial charge on any atom is -0.392 e. The van der Waals surface area contributed by atoms with Gasteiger partial charge in [0.05, 0.1) is 4.99 Å². The minimum atomic E-state index is 0.559. The molecule has 0 aromatic heterocycles. The molecule has 0 bridgehead atoms. The van der Waals surface area contributed by atoms with Crippen molar-refractivity contribution in [3.05, 3.63) is 34.3 Å². The molecule has 0 fully saturated rings. The second-order valence-electron chi connectivity index (χ2n) is 3.81. The summed E-state index contributed by atoms with van der Waals surface area (Å²) in [6.45, 7) is 4.76. The van der Waals surface area contributed by atoms with Crippen molar-refractivity contribution in [2.75, 3.05) is 13.1 Å². The number of nitrogens with two attached hydrogens (primary N) is 1. The van der Waals surface area contributed by atoms with E-state index >= 15 is 0 Å². The summed E-state index contributed by atoms with van der Waals surface area (Å²) in [5.74, 6) is 0. The lowest BCUT2D eigenvalue weighted by Crippen LogP contribution is -2.32. The Morgan fingerprint density at radius 1 is 1.50 bits per heavy atom. The Bertz CT molecular complexity index is 355. The number of thiocarbonyl (C=S) groups is 1. The summed E-state index contributed by atoms with van der Waals surface area (Å²) in [5, 5.41) is 0. The van der Waals surface area contributed by atoms with Crippen LogP contribution < -0.4 is 5.73 Å². The number of halogens is 1. The van der Waals surface area contributed by atoms with Crippen LogP contribution in [-0.2, 0) is 6.54 Å². The van der Waals surface area contributed by atoms with Gasteiger partial charge in [-0.15, -0.1) is 0 Å². The third-order valence-corrected chi connectivity index (χ3v) is 2.84. The minimum absolute atomic E-state index is 0.559. The summed E-state index contributed by atoms with van der Waals surface area (Å²) < 4.78 is 1.11. The number of benzene rings is 1. The van der Waals surface area contributed by atoms with E-state index < -0.39 is 0 Å². The highest BCUT2D eigenvalue weighted by molar-refractivity contribution is 9.10. The van der Waals surface area contributed by atoms with Crippen LogP contribution in [0.3, 0.4) is 0 Å². The van der Waals surface area contributed by atoms with E-state index in [1.807, 2.05) is 12.1 Å². The molecule has 0 saturated heterocycles. The zero-order valence-corrected chi connectivity index (χ0v) is 11.9. The maximum Gasteiger partial charge on any atom is 0.0870 e. The lowest BCUT2D eigenvalue weighted by Gasteiger charge is -2.21. The fourth-order valence-corrected chi connectivity index (χ4v) is 2.27. The van der Waals surface area contributed by atoms with Gasteiger partial charge in [-0.3, -0.25) is 4.90 Å². The SMILES string of the molecule is CCCN(CC(N)=S)Cc1cccc(Br)c1. The molecule has 0 heterocycles. The molecule has 0 saturated carbocycles. The van der Waals surface area contributed by atoms with Crippen molar-refractivity contribution < 1.29 is 0 Å². The van der Waals surface area contributed by atoms with E-state index in [0.717, 1.165) is 24.0 Å². The maximum absolute atomic E-state index is 5.59. The molecule has 88 valence electrons. The molecule has 16 heavy (non-hydrogen) atoms. The highest BCUT2D eigenvalue weighted by Gasteiger charge is 2.06. The quantitative estimate of drug-likeness (QED) is 0.819. The van der Waals surface area contributed by atoms with Crippen LogP contribution in [0, 0.1) is 0 Å². The molecule has 1 aromatic rings. The third kappa shape index (κ3) is 5.05.